The Balaban J connectivity index is 2.74. The largest absolute Gasteiger partial charge is 0.396 e. The lowest BCUT2D eigenvalue weighted by Gasteiger charge is -1.96. The van der Waals surface area contributed by atoms with Crippen molar-refractivity contribution < 1.29 is 5.11 Å². The fourth-order valence-electron chi connectivity index (χ4n) is 0.834. The summed E-state index contributed by atoms with van der Waals surface area (Å²) in [6.07, 6.45) is 4.13. The molecule has 0 radical (unpaired) electrons. The standard InChI is InChI=1S/C9H11NO/c1-2-9-4-3-8(5-6-11)7-10-9/h2-4,7,11H,1,5-6H2. The summed E-state index contributed by atoms with van der Waals surface area (Å²) in [6, 6.07) is 3.83. The molecule has 0 spiro atoms. The second-order valence-electron chi connectivity index (χ2n) is 2.27. The molecule has 11 heavy (non-hydrogen) atoms. The number of aliphatic hydroxyl groups excluding tert-OH is 1. The van der Waals surface area contributed by atoms with Crippen LogP contribution in [0, 0.1) is 0 Å². The van der Waals surface area contributed by atoms with Crippen molar-refractivity contribution in [2.75, 3.05) is 6.61 Å². The Kier molecular flexibility index (Phi) is 2.81. The second-order valence-corrected chi connectivity index (χ2v) is 2.27. The number of aromatic nitrogens is 1. The Labute approximate surface area is 66.2 Å². The smallest absolute Gasteiger partial charge is 0.0623 e. The molecule has 0 aromatic carbocycles. The van der Waals surface area contributed by atoms with E-state index in [-0.39, 0.29) is 6.61 Å². The minimum atomic E-state index is 0.176. The fraction of sp³-hybridized carbons (Fsp3) is 0.222. The van der Waals surface area contributed by atoms with E-state index in [1.165, 1.54) is 0 Å². The molecule has 2 heteroatoms. The van der Waals surface area contributed by atoms with E-state index in [1.807, 2.05) is 12.1 Å². The van der Waals surface area contributed by atoms with Crippen molar-refractivity contribution in [1.29, 1.82) is 0 Å². The summed E-state index contributed by atoms with van der Waals surface area (Å²) in [5, 5.41) is 8.60. The van der Waals surface area contributed by atoms with Crippen LogP contribution in [-0.2, 0) is 6.42 Å². The molecule has 1 heterocycles. The normalized spacial score (nSPS) is 9.55. The minimum Gasteiger partial charge on any atom is -0.396 e. The quantitative estimate of drug-likeness (QED) is 0.701. The number of hydrogen-bond acceptors (Lipinski definition) is 2. The van der Waals surface area contributed by atoms with E-state index >= 15 is 0 Å². The van der Waals surface area contributed by atoms with Crippen LogP contribution in [0.5, 0.6) is 0 Å². The van der Waals surface area contributed by atoms with Gasteiger partial charge in [-0.3, -0.25) is 4.98 Å². The highest BCUT2D eigenvalue weighted by Gasteiger charge is 1.91. The maximum Gasteiger partial charge on any atom is 0.0623 e. The third kappa shape index (κ3) is 2.16. The van der Waals surface area contributed by atoms with Crippen molar-refractivity contribution >= 4 is 6.08 Å². The molecule has 0 amide bonds. The van der Waals surface area contributed by atoms with E-state index in [0.717, 1.165) is 11.3 Å². The van der Waals surface area contributed by atoms with Crippen LogP contribution in [0.1, 0.15) is 11.3 Å². The van der Waals surface area contributed by atoms with E-state index < -0.39 is 0 Å². The Morgan fingerprint density at radius 1 is 1.55 bits per heavy atom. The van der Waals surface area contributed by atoms with Crippen molar-refractivity contribution in [1.82, 2.24) is 4.98 Å². The average Bonchev–Trinajstić information content (AvgIpc) is 2.07. The summed E-state index contributed by atoms with van der Waals surface area (Å²) in [6.45, 7) is 3.77. The van der Waals surface area contributed by atoms with Crippen molar-refractivity contribution in [2.24, 2.45) is 0 Å². The van der Waals surface area contributed by atoms with Crippen LogP contribution in [-0.4, -0.2) is 16.7 Å². The Morgan fingerprint density at radius 3 is 2.82 bits per heavy atom. The van der Waals surface area contributed by atoms with Gasteiger partial charge in [0, 0.05) is 12.8 Å². The van der Waals surface area contributed by atoms with Gasteiger partial charge in [-0.05, 0) is 24.1 Å². The van der Waals surface area contributed by atoms with Gasteiger partial charge in [-0.2, -0.15) is 0 Å². The van der Waals surface area contributed by atoms with Crippen molar-refractivity contribution in [3.63, 3.8) is 0 Å². The van der Waals surface area contributed by atoms with E-state index in [9.17, 15) is 0 Å². The van der Waals surface area contributed by atoms with Gasteiger partial charge in [0.05, 0.1) is 5.69 Å². The van der Waals surface area contributed by atoms with Gasteiger partial charge in [0.1, 0.15) is 0 Å². The number of pyridine rings is 1. The maximum atomic E-state index is 8.60. The van der Waals surface area contributed by atoms with E-state index in [2.05, 4.69) is 11.6 Å². The van der Waals surface area contributed by atoms with E-state index in [4.69, 9.17) is 5.11 Å². The van der Waals surface area contributed by atoms with Crippen LogP contribution in [0.15, 0.2) is 24.9 Å². The molecule has 0 saturated carbocycles. The molecule has 2 nitrogen and oxygen atoms in total. The molecule has 0 unspecified atom stereocenters. The third-order valence-electron chi connectivity index (χ3n) is 1.46. The minimum absolute atomic E-state index is 0.176. The van der Waals surface area contributed by atoms with Crippen LogP contribution in [0.3, 0.4) is 0 Å². The zero-order chi connectivity index (χ0) is 8.10. The molecule has 0 saturated heterocycles. The van der Waals surface area contributed by atoms with Gasteiger partial charge in [-0.15, -0.1) is 0 Å². The summed E-state index contributed by atoms with van der Waals surface area (Å²) in [4.78, 5) is 4.09. The highest BCUT2D eigenvalue weighted by atomic mass is 16.2. The van der Waals surface area contributed by atoms with Crippen LogP contribution in [0.2, 0.25) is 0 Å². The number of aliphatic hydroxyl groups is 1. The molecule has 1 rings (SSSR count). The lowest BCUT2D eigenvalue weighted by molar-refractivity contribution is 0.299. The maximum absolute atomic E-state index is 8.60. The Hall–Kier alpha value is -1.15. The van der Waals surface area contributed by atoms with Crippen LogP contribution >= 0.6 is 0 Å². The Morgan fingerprint density at radius 2 is 2.36 bits per heavy atom. The molecule has 1 aromatic rings. The van der Waals surface area contributed by atoms with Crippen LogP contribution < -0.4 is 0 Å². The Bertz CT molecular complexity index is 228. The summed E-state index contributed by atoms with van der Waals surface area (Å²) >= 11 is 0. The predicted octanol–water partition coefficient (Wildman–Crippen LogP) is 1.26. The summed E-state index contributed by atoms with van der Waals surface area (Å²) in [5.41, 5.74) is 1.92. The van der Waals surface area contributed by atoms with Crippen molar-refractivity contribution in [2.45, 2.75) is 6.42 Å². The molecule has 0 bridgehead atoms. The number of hydrogen-bond donors (Lipinski definition) is 1. The summed E-state index contributed by atoms with van der Waals surface area (Å²) in [7, 11) is 0. The summed E-state index contributed by atoms with van der Waals surface area (Å²) in [5.74, 6) is 0. The highest BCUT2D eigenvalue weighted by molar-refractivity contribution is 5.41. The molecule has 1 N–H and O–H groups in total. The third-order valence-corrected chi connectivity index (χ3v) is 1.46. The first-order chi connectivity index (χ1) is 5.36. The molecule has 58 valence electrons. The lowest BCUT2D eigenvalue weighted by atomic mass is 10.2. The first kappa shape index (κ1) is 7.95. The van der Waals surface area contributed by atoms with Gasteiger partial charge in [0.15, 0.2) is 0 Å². The van der Waals surface area contributed by atoms with Gasteiger partial charge in [0.25, 0.3) is 0 Å². The SMILES string of the molecule is C=Cc1ccc(CCO)cn1. The van der Waals surface area contributed by atoms with Gasteiger partial charge in [0.2, 0.25) is 0 Å². The van der Waals surface area contributed by atoms with Crippen LogP contribution in [0.25, 0.3) is 6.08 Å². The van der Waals surface area contributed by atoms with Gasteiger partial charge in [-0.25, -0.2) is 0 Å². The first-order valence-electron chi connectivity index (χ1n) is 3.55. The first-order valence-corrected chi connectivity index (χ1v) is 3.55. The van der Waals surface area contributed by atoms with Gasteiger partial charge >= 0.3 is 0 Å². The van der Waals surface area contributed by atoms with Gasteiger partial charge < -0.3 is 5.11 Å². The monoisotopic (exact) mass is 149 g/mol. The zero-order valence-electron chi connectivity index (χ0n) is 6.33. The molecule has 0 atom stereocenters. The van der Waals surface area contributed by atoms with Crippen molar-refractivity contribution in [3.05, 3.63) is 36.2 Å². The van der Waals surface area contributed by atoms with Crippen molar-refractivity contribution in [3.8, 4) is 0 Å². The fourth-order valence-corrected chi connectivity index (χ4v) is 0.834. The molecular formula is C9H11NO. The van der Waals surface area contributed by atoms with E-state index in [1.54, 1.807) is 12.3 Å². The summed E-state index contributed by atoms with van der Waals surface area (Å²) < 4.78 is 0. The topological polar surface area (TPSA) is 33.1 Å². The van der Waals surface area contributed by atoms with E-state index in [0.29, 0.717) is 6.42 Å². The zero-order valence-corrected chi connectivity index (χ0v) is 6.33. The molecule has 0 aliphatic heterocycles. The molecule has 0 aliphatic carbocycles. The van der Waals surface area contributed by atoms with Gasteiger partial charge in [-0.1, -0.05) is 12.6 Å². The number of nitrogens with zero attached hydrogens (tertiary/aromatic N) is 1. The lowest BCUT2D eigenvalue weighted by Crippen LogP contribution is -1.91. The molecular weight excluding hydrogens is 138 g/mol. The average molecular weight is 149 g/mol. The molecule has 1 aromatic heterocycles. The highest BCUT2D eigenvalue weighted by Crippen LogP contribution is 2.01. The second kappa shape index (κ2) is 3.88. The number of rotatable bonds is 3. The molecule has 0 aliphatic rings. The molecule has 0 fully saturated rings. The predicted molar refractivity (Wildman–Crippen MR) is 45.1 cm³/mol. The van der Waals surface area contributed by atoms with Crippen LogP contribution in [0.4, 0.5) is 0 Å².